The van der Waals surface area contributed by atoms with E-state index in [9.17, 15) is 0 Å². The van der Waals surface area contributed by atoms with E-state index in [1.54, 1.807) is 0 Å². The van der Waals surface area contributed by atoms with Crippen molar-refractivity contribution in [2.75, 3.05) is 55.0 Å². The molecule has 0 aliphatic heterocycles. The molecule has 3 rings (SSSR count). The Morgan fingerprint density at radius 3 is 1.67 bits per heavy atom. The van der Waals surface area contributed by atoms with Crippen molar-refractivity contribution in [3.05, 3.63) is 87.5 Å². The summed E-state index contributed by atoms with van der Waals surface area (Å²) in [5.74, 6) is 0.190. The Labute approximate surface area is 220 Å². The molecule has 0 saturated carbocycles. The fraction of sp³-hybridized carbons (Fsp3) is 0.455. The average Bonchev–Trinajstić information content (AvgIpc) is 2.84. The lowest BCUT2D eigenvalue weighted by molar-refractivity contribution is 0.855. The second kappa shape index (κ2) is 11.9. The predicted octanol–water partition coefficient (Wildman–Crippen LogP) is 7.86. The zero-order valence-electron chi connectivity index (χ0n) is 24.4. The minimum atomic E-state index is 0.190. The second-order valence-corrected chi connectivity index (χ2v) is 10.3. The van der Waals surface area contributed by atoms with E-state index in [0.29, 0.717) is 0 Å². The number of rotatable bonds is 10. The number of hydrogen-bond acceptors (Lipinski definition) is 3. The fourth-order valence-electron chi connectivity index (χ4n) is 5.70. The maximum Gasteiger partial charge on any atom is 0.0398 e. The molecule has 36 heavy (non-hydrogen) atoms. The summed E-state index contributed by atoms with van der Waals surface area (Å²) in [6, 6.07) is 18.9. The molecule has 194 valence electrons. The smallest absolute Gasteiger partial charge is 0.0398 e. The van der Waals surface area contributed by atoms with Crippen LogP contribution in [0.25, 0.3) is 0 Å². The third-order valence-electron chi connectivity index (χ3n) is 7.73. The molecule has 3 heteroatoms. The van der Waals surface area contributed by atoms with Crippen LogP contribution < -0.4 is 14.7 Å². The summed E-state index contributed by atoms with van der Waals surface area (Å²) >= 11 is 0. The van der Waals surface area contributed by atoms with E-state index in [1.807, 2.05) is 0 Å². The lowest BCUT2D eigenvalue weighted by Gasteiger charge is -2.29. The third-order valence-corrected chi connectivity index (χ3v) is 7.73. The van der Waals surface area contributed by atoms with Crippen LogP contribution in [-0.2, 0) is 0 Å². The van der Waals surface area contributed by atoms with Crippen molar-refractivity contribution in [1.82, 2.24) is 0 Å². The second-order valence-electron chi connectivity index (χ2n) is 10.3. The highest BCUT2D eigenvalue weighted by Gasteiger charge is 2.23. The summed E-state index contributed by atoms with van der Waals surface area (Å²) in [5.41, 5.74) is 13.5. The van der Waals surface area contributed by atoms with Gasteiger partial charge in [0, 0.05) is 63.3 Å². The van der Waals surface area contributed by atoms with Crippen LogP contribution in [0.3, 0.4) is 0 Å². The van der Waals surface area contributed by atoms with E-state index in [1.165, 1.54) is 56.0 Å². The van der Waals surface area contributed by atoms with E-state index < -0.39 is 0 Å². The molecule has 0 heterocycles. The standard InChI is InChI=1S/C33H47N3/c1-11-35(12-2)28-16-17-29(23(5)20-28)33(27-15-18-31(34(9)10)25(7)19-27)30-21-26(8)32(22-24(30)6)36(13-3)14-4/h15-22,33H,11-14H2,1-10H3. The summed E-state index contributed by atoms with van der Waals surface area (Å²) < 4.78 is 0. The monoisotopic (exact) mass is 485 g/mol. The van der Waals surface area contributed by atoms with Gasteiger partial charge in [0.05, 0.1) is 0 Å². The average molecular weight is 486 g/mol. The van der Waals surface area contributed by atoms with Gasteiger partial charge in [-0.3, -0.25) is 0 Å². The van der Waals surface area contributed by atoms with Crippen LogP contribution in [0.4, 0.5) is 17.1 Å². The molecular formula is C33H47N3. The Morgan fingerprint density at radius 2 is 1.14 bits per heavy atom. The van der Waals surface area contributed by atoms with Gasteiger partial charge in [0.2, 0.25) is 0 Å². The van der Waals surface area contributed by atoms with Gasteiger partial charge in [-0.15, -0.1) is 0 Å². The number of nitrogens with zero attached hydrogens (tertiary/aromatic N) is 3. The number of benzene rings is 3. The molecule has 3 aromatic rings. The van der Waals surface area contributed by atoms with Crippen molar-refractivity contribution >= 4 is 17.1 Å². The van der Waals surface area contributed by atoms with E-state index in [2.05, 4.69) is 133 Å². The zero-order valence-corrected chi connectivity index (χ0v) is 24.4. The van der Waals surface area contributed by atoms with Gasteiger partial charge in [-0.25, -0.2) is 0 Å². The summed E-state index contributed by atoms with van der Waals surface area (Å²) in [7, 11) is 4.24. The topological polar surface area (TPSA) is 9.72 Å². The van der Waals surface area contributed by atoms with Gasteiger partial charge in [0.1, 0.15) is 0 Å². The normalized spacial score (nSPS) is 11.9. The zero-order chi connectivity index (χ0) is 26.6. The molecule has 0 saturated heterocycles. The lowest BCUT2D eigenvalue weighted by Crippen LogP contribution is -2.23. The summed E-state index contributed by atoms with van der Waals surface area (Å²) in [6.45, 7) is 22.1. The molecule has 3 aromatic carbocycles. The van der Waals surface area contributed by atoms with Crippen molar-refractivity contribution in [2.24, 2.45) is 0 Å². The molecule has 0 radical (unpaired) electrons. The molecule has 0 spiro atoms. The minimum absolute atomic E-state index is 0.190. The Morgan fingerprint density at radius 1 is 0.556 bits per heavy atom. The van der Waals surface area contributed by atoms with E-state index in [4.69, 9.17) is 0 Å². The molecule has 1 unspecified atom stereocenters. The van der Waals surface area contributed by atoms with Crippen LogP contribution in [0.15, 0.2) is 48.5 Å². The highest BCUT2D eigenvalue weighted by Crippen LogP contribution is 2.40. The van der Waals surface area contributed by atoms with Gasteiger partial charge in [-0.2, -0.15) is 0 Å². The SMILES string of the molecule is CCN(CC)c1ccc(C(c2ccc(N(C)C)c(C)c2)c2cc(C)c(N(CC)CC)cc2C)c(C)c1. The van der Waals surface area contributed by atoms with Crippen molar-refractivity contribution in [3.63, 3.8) is 0 Å². The van der Waals surface area contributed by atoms with Crippen molar-refractivity contribution in [1.29, 1.82) is 0 Å². The van der Waals surface area contributed by atoms with Crippen molar-refractivity contribution in [2.45, 2.75) is 61.3 Å². The molecule has 0 fully saturated rings. The summed E-state index contributed by atoms with van der Waals surface area (Å²) in [5, 5.41) is 0. The van der Waals surface area contributed by atoms with Crippen molar-refractivity contribution in [3.8, 4) is 0 Å². The molecular weight excluding hydrogens is 438 g/mol. The van der Waals surface area contributed by atoms with Gasteiger partial charge in [0.25, 0.3) is 0 Å². The first-order valence-corrected chi connectivity index (χ1v) is 13.7. The number of hydrogen-bond donors (Lipinski definition) is 0. The third kappa shape index (κ3) is 5.56. The Balaban J connectivity index is 2.24. The van der Waals surface area contributed by atoms with E-state index in [0.717, 1.165) is 26.2 Å². The summed E-state index contributed by atoms with van der Waals surface area (Å²) in [4.78, 5) is 7.09. The first-order chi connectivity index (χ1) is 17.2. The van der Waals surface area contributed by atoms with Crippen LogP contribution in [0.2, 0.25) is 0 Å². The van der Waals surface area contributed by atoms with Crippen LogP contribution in [0.1, 0.15) is 72.6 Å². The Bertz CT molecular complexity index is 1170. The largest absolute Gasteiger partial charge is 0.377 e. The molecule has 0 aromatic heterocycles. The van der Waals surface area contributed by atoms with E-state index in [-0.39, 0.29) is 5.92 Å². The molecule has 1 atom stereocenters. The van der Waals surface area contributed by atoms with Crippen LogP contribution in [0.5, 0.6) is 0 Å². The Kier molecular flexibility index (Phi) is 9.11. The summed E-state index contributed by atoms with van der Waals surface area (Å²) in [6.07, 6.45) is 0. The number of aryl methyl sites for hydroxylation is 4. The van der Waals surface area contributed by atoms with Gasteiger partial charge >= 0.3 is 0 Å². The molecule has 0 bridgehead atoms. The number of anilines is 3. The maximum atomic E-state index is 2.46. The highest BCUT2D eigenvalue weighted by molar-refractivity contribution is 5.63. The van der Waals surface area contributed by atoms with Crippen LogP contribution in [0, 0.1) is 27.7 Å². The van der Waals surface area contributed by atoms with Gasteiger partial charge in [0.15, 0.2) is 0 Å². The quantitative estimate of drug-likeness (QED) is 0.271. The fourth-order valence-corrected chi connectivity index (χ4v) is 5.70. The highest BCUT2D eigenvalue weighted by atomic mass is 15.1. The molecule has 3 nitrogen and oxygen atoms in total. The first kappa shape index (κ1) is 27.6. The van der Waals surface area contributed by atoms with Gasteiger partial charge in [-0.1, -0.05) is 24.3 Å². The van der Waals surface area contributed by atoms with Gasteiger partial charge < -0.3 is 14.7 Å². The van der Waals surface area contributed by atoms with Gasteiger partial charge in [-0.05, 0) is 119 Å². The lowest BCUT2D eigenvalue weighted by atomic mass is 9.80. The van der Waals surface area contributed by atoms with Crippen LogP contribution >= 0.6 is 0 Å². The molecule has 0 amide bonds. The maximum absolute atomic E-state index is 2.46. The van der Waals surface area contributed by atoms with Crippen molar-refractivity contribution < 1.29 is 0 Å². The van der Waals surface area contributed by atoms with Crippen LogP contribution in [-0.4, -0.2) is 40.3 Å². The Hall–Kier alpha value is -2.94. The molecule has 0 aliphatic carbocycles. The predicted molar refractivity (Wildman–Crippen MR) is 161 cm³/mol. The molecule has 0 aliphatic rings. The molecule has 0 N–H and O–H groups in total. The van der Waals surface area contributed by atoms with E-state index >= 15 is 0 Å². The first-order valence-electron chi connectivity index (χ1n) is 13.7. The minimum Gasteiger partial charge on any atom is -0.377 e.